The zero-order chi connectivity index (χ0) is 14.9. The topological polar surface area (TPSA) is 15.3 Å². The number of nitrogens with zero attached hydrogens (tertiary/aromatic N) is 1. The maximum atomic E-state index is 3.45. The van der Waals surface area contributed by atoms with Gasteiger partial charge in [-0.25, -0.2) is 0 Å². The predicted molar refractivity (Wildman–Crippen MR) is 92.8 cm³/mol. The van der Waals surface area contributed by atoms with E-state index in [0.29, 0.717) is 0 Å². The van der Waals surface area contributed by atoms with Crippen LogP contribution in [0.15, 0.2) is 41.1 Å². The van der Waals surface area contributed by atoms with Gasteiger partial charge >= 0.3 is 0 Å². The van der Waals surface area contributed by atoms with E-state index >= 15 is 0 Å². The van der Waals surface area contributed by atoms with E-state index in [1.165, 1.54) is 23.1 Å². The average molecular weight is 302 g/mol. The van der Waals surface area contributed by atoms with Crippen molar-refractivity contribution in [2.45, 2.75) is 32.9 Å². The van der Waals surface area contributed by atoms with Crippen LogP contribution in [0.2, 0.25) is 0 Å². The molecule has 0 aliphatic rings. The summed E-state index contributed by atoms with van der Waals surface area (Å²) in [6, 6.07) is 11.3. The van der Waals surface area contributed by atoms with Crippen LogP contribution >= 0.6 is 11.3 Å². The van der Waals surface area contributed by atoms with E-state index in [1.54, 1.807) is 11.3 Å². The molecular formula is C18H26N2S. The molecule has 0 atom stereocenters. The Labute approximate surface area is 132 Å². The Kier molecular flexibility index (Phi) is 6.93. The van der Waals surface area contributed by atoms with Gasteiger partial charge in [-0.15, -0.1) is 0 Å². The fraction of sp³-hybridized carbons (Fsp3) is 0.444. The summed E-state index contributed by atoms with van der Waals surface area (Å²) in [4.78, 5) is 2.36. The van der Waals surface area contributed by atoms with Gasteiger partial charge in [-0.1, -0.05) is 31.2 Å². The fourth-order valence-electron chi connectivity index (χ4n) is 2.41. The monoisotopic (exact) mass is 302 g/mol. The van der Waals surface area contributed by atoms with E-state index in [0.717, 1.165) is 32.6 Å². The lowest BCUT2D eigenvalue weighted by atomic mass is 10.1. The molecule has 2 rings (SSSR count). The molecule has 114 valence electrons. The molecule has 1 aromatic carbocycles. The van der Waals surface area contributed by atoms with Crippen molar-refractivity contribution in [2.24, 2.45) is 0 Å². The molecule has 1 N–H and O–H groups in total. The summed E-state index contributed by atoms with van der Waals surface area (Å²) in [6.45, 7) is 6.42. The van der Waals surface area contributed by atoms with Gasteiger partial charge in [-0.2, -0.15) is 11.3 Å². The second-order valence-corrected chi connectivity index (χ2v) is 6.40. The molecule has 21 heavy (non-hydrogen) atoms. The Morgan fingerprint density at radius 3 is 2.33 bits per heavy atom. The van der Waals surface area contributed by atoms with Crippen LogP contribution in [-0.4, -0.2) is 25.0 Å². The smallest absolute Gasteiger partial charge is 0.0242 e. The van der Waals surface area contributed by atoms with Gasteiger partial charge in [0.15, 0.2) is 0 Å². The third-order valence-electron chi connectivity index (χ3n) is 3.53. The molecule has 3 heteroatoms. The minimum Gasteiger partial charge on any atom is -0.316 e. The van der Waals surface area contributed by atoms with Crippen LogP contribution in [0.5, 0.6) is 0 Å². The van der Waals surface area contributed by atoms with Crippen LogP contribution in [-0.2, 0) is 19.5 Å². The van der Waals surface area contributed by atoms with Gasteiger partial charge in [0.05, 0.1) is 0 Å². The summed E-state index contributed by atoms with van der Waals surface area (Å²) < 4.78 is 0. The molecule has 2 aromatic rings. The van der Waals surface area contributed by atoms with E-state index in [2.05, 4.69) is 65.3 Å². The zero-order valence-electron chi connectivity index (χ0n) is 13.1. The Morgan fingerprint density at radius 1 is 0.952 bits per heavy atom. The van der Waals surface area contributed by atoms with Crippen LogP contribution in [0.4, 0.5) is 0 Å². The van der Waals surface area contributed by atoms with Crippen LogP contribution in [0.3, 0.4) is 0 Å². The molecule has 0 radical (unpaired) electrons. The second-order valence-electron chi connectivity index (χ2n) is 5.62. The van der Waals surface area contributed by atoms with Crippen LogP contribution in [0, 0.1) is 0 Å². The Balaban J connectivity index is 1.76. The van der Waals surface area contributed by atoms with Crippen molar-refractivity contribution in [3.05, 3.63) is 57.8 Å². The lowest BCUT2D eigenvalue weighted by molar-refractivity contribution is 0.319. The number of benzene rings is 1. The lowest BCUT2D eigenvalue weighted by Crippen LogP contribution is -2.18. The summed E-state index contributed by atoms with van der Waals surface area (Å²) in [5.74, 6) is 0. The van der Waals surface area contributed by atoms with Gasteiger partial charge in [0.1, 0.15) is 0 Å². The number of rotatable bonds is 9. The van der Waals surface area contributed by atoms with Gasteiger partial charge in [0.2, 0.25) is 0 Å². The first-order chi connectivity index (χ1) is 10.3. The molecule has 0 aliphatic carbocycles. The van der Waals surface area contributed by atoms with Crippen LogP contribution < -0.4 is 5.32 Å². The van der Waals surface area contributed by atoms with E-state index in [9.17, 15) is 0 Å². The summed E-state index contributed by atoms with van der Waals surface area (Å²) in [5, 5.41) is 7.82. The van der Waals surface area contributed by atoms with Gasteiger partial charge in [-0.05, 0) is 66.5 Å². The predicted octanol–water partition coefficient (Wildman–Crippen LogP) is 3.92. The van der Waals surface area contributed by atoms with Gasteiger partial charge in [0, 0.05) is 13.1 Å². The summed E-state index contributed by atoms with van der Waals surface area (Å²) in [6.07, 6.45) is 2.32. The average Bonchev–Trinajstić information content (AvgIpc) is 2.98. The molecule has 0 bridgehead atoms. The molecule has 1 aromatic heterocycles. The molecule has 2 nitrogen and oxygen atoms in total. The Morgan fingerprint density at radius 2 is 1.67 bits per heavy atom. The number of thiophene rings is 1. The summed E-state index contributed by atoms with van der Waals surface area (Å²) >= 11 is 1.77. The summed E-state index contributed by atoms with van der Waals surface area (Å²) in [5.41, 5.74) is 4.21. The maximum Gasteiger partial charge on any atom is 0.0242 e. The Hall–Kier alpha value is -1.16. The van der Waals surface area contributed by atoms with Crippen LogP contribution in [0.25, 0.3) is 0 Å². The van der Waals surface area contributed by atoms with Crippen molar-refractivity contribution in [3.63, 3.8) is 0 Å². The molecule has 0 unspecified atom stereocenters. The molecule has 0 aliphatic heterocycles. The standard InChI is InChI=1S/C18H26N2S/c1-3-10-19-11-8-16-4-6-17(7-5-16)13-20(2)14-18-9-12-21-15-18/h4-7,9,12,15,19H,3,8,10-11,13-14H2,1-2H3. The number of hydrogen-bond acceptors (Lipinski definition) is 3. The largest absolute Gasteiger partial charge is 0.316 e. The van der Waals surface area contributed by atoms with E-state index in [1.807, 2.05) is 0 Å². The normalized spacial score (nSPS) is 11.2. The van der Waals surface area contributed by atoms with Crippen molar-refractivity contribution in [1.29, 1.82) is 0 Å². The maximum absolute atomic E-state index is 3.45. The summed E-state index contributed by atoms with van der Waals surface area (Å²) in [7, 11) is 2.18. The lowest BCUT2D eigenvalue weighted by Gasteiger charge is -2.16. The van der Waals surface area contributed by atoms with Gasteiger partial charge in [-0.3, -0.25) is 4.90 Å². The van der Waals surface area contributed by atoms with E-state index in [4.69, 9.17) is 0 Å². The second kappa shape index (κ2) is 8.98. The SMILES string of the molecule is CCCNCCc1ccc(CN(C)Cc2ccsc2)cc1. The minimum absolute atomic E-state index is 1.00. The quantitative estimate of drug-likeness (QED) is 0.706. The van der Waals surface area contributed by atoms with E-state index < -0.39 is 0 Å². The van der Waals surface area contributed by atoms with Crippen LogP contribution in [0.1, 0.15) is 30.0 Å². The fourth-order valence-corrected chi connectivity index (χ4v) is 3.07. The number of nitrogens with one attached hydrogen (secondary N) is 1. The van der Waals surface area contributed by atoms with E-state index in [-0.39, 0.29) is 0 Å². The Bertz CT molecular complexity index is 490. The first kappa shape index (κ1) is 16.2. The highest BCUT2D eigenvalue weighted by Gasteiger charge is 2.02. The van der Waals surface area contributed by atoms with Gasteiger partial charge < -0.3 is 5.32 Å². The molecule has 0 spiro atoms. The molecule has 0 fully saturated rings. The van der Waals surface area contributed by atoms with Crippen molar-refractivity contribution in [2.75, 3.05) is 20.1 Å². The highest BCUT2D eigenvalue weighted by molar-refractivity contribution is 7.07. The first-order valence-corrected chi connectivity index (χ1v) is 8.70. The van der Waals surface area contributed by atoms with Crippen molar-refractivity contribution in [1.82, 2.24) is 10.2 Å². The van der Waals surface area contributed by atoms with Crippen molar-refractivity contribution < 1.29 is 0 Å². The number of hydrogen-bond donors (Lipinski definition) is 1. The third-order valence-corrected chi connectivity index (χ3v) is 4.26. The zero-order valence-corrected chi connectivity index (χ0v) is 14.0. The first-order valence-electron chi connectivity index (χ1n) is 7.76. The highest BCUT2D eigenvalue weighted by Crippen LogP contribution is 2.12. The van der Waals surface area contributed by atoms with Crippen molar-refractivity contribution >= 4 is 11.3 Å². The highest BCUT2D eigenvalue weighted by atomic mass is 32.1. The molecule has 1 heterocycles. The van der Waals surface area contributed by atoms with Gasteiger partial charge in [0.25, 0.3) is 0 Å². The third kappa shape index (κ3) is 6.00. The minimum atomic E-state index is 1.00. The molecular weight excluding hydrogens is 276 g/mol. The molecule has 0 saturated carbocycles. The molecule has 0 amide bonds. The van der Waals surface area contributed by atoms with Crippen molar-refractivity contribution in [3.8, 4) is 0 Å². The molecule has 0 saturated heterocycles.